The van der Waals surface area contributed by atoms with Gasteiger partial charge >= 0.3 is 6.03 Å². The van der Waals surface area contributed by atoms with Gasteiger partial charge in [-0.25, -0.2) is 9.78 Å². The SMILES string of the molecule is CCOc1ccccc1NC(=O)N(Cc1nc2ccccc2n(C)c1=O)[C@H](CCO)c1ccccc1.S. The smallest absolute Gasteiger partial charge is 0.322 e. The van der Waals surface area contributed by atoms with Gasteiger partial charge in [0, 0.05) is 13.7 Å². The van der Waals surface area contributed by atoms with Crippen molar-refractivity contribution >= 4 is 36.2 Å². The topological polar surface area (TPSA) is 96.7 Å². The summed E-state index contributed by atoms with van der Waals surface area (Å²) in [7, 11) is 1.70. The third-order valence-corrected chi connectivity index (χ3v) is 6.02. The minimum atomic E-state index is -0.492. The number of ether oxygens (including phenoxy) is 1. The van der Waals surface area contributed by atoms with Crippen LogP contribution < -0.4 is 15.6 Å². The number of urea groups is 1. The Balaban J connectivity index is 0.00000380. The standard InChI is InChI=1S/C28H30N4O4.H2S/c1-3-36-26-16-10-8-14-22(26)30-28(35)32(24(17-18-33)20-11-5-4-6-12-20)19-23-27(34)31(2)25-15-9-7-13-21(25)29-23;/h4-16,24,33H,3,17-19H2,1-2H3,(H,30,35);1H2/t24-;/m1./s1. The lowest BCUT2D eigenvalue weighted by Crippen LogP contribution is -2.40. The second-order valence-corrected chi connectivity index (χ2v) is 8.34. The number of nitrogens with zero attached hydrogens (tertiary/aromatic N) is 3. The van der Waals surface area contributed by atoms with Crippen molar-refractivity contribution in [1.29, 1.82) is 0 Å². The van der Waals surface area contributed by atoms with E-state index in [0.29, 0.717) is 35.5 Å². The number of aliphatic hydroxyl groups excluding tert-OH is 1. The molecule has 0 aliphatic heterocycles. The summed E-state index contributed by atoms with van der Waals surface area (Å²) in [5, 5.41) is 12.8. The molecule has 0 bridgehead atoms. The molecule has 0 aliphatic carbocycles. The van der Waals surface area contributed by atoms with Crippen LogP contribution >= 0.6 is 13.5 Å². The van der Waals surface area contributed by atoms with E-state index in [9.17, 15) is 14.7 Å². The van der Waals surface area contributed by atoms with Gasteiger partial charge in [0.05, 0.1) is 35.9 Å². The van der Waals surface area contributed by atoms with Crippen LogP contribution in [-0.4, -0.2) is 38.8 Å². The lowest BCUT2D eigenvalue weighted by atomic mass is 10.0. The highest BCUT2D eigenvalue weighted by Gasteiger charge is 2.28. The molecule has 8 nitrogen and oxygen atoms in total. The quantitative estimate of drug-likeness (QED) is 0.336. The van der Waals surface area contributed by atoms with Crippen molar-refractivity contribution in [3.05, 3.63) is 100 Å². The second kappa shape index (κ2) is 12.9. The fraction of sp³-hybridized carbons (Fsp3) is 0.250. The van der Waals surface area contributed by atoms with Crippen molar-refractivity contribution in [3.8, 4) is 5.75 Å². The number of aryl methyl sites for hydroxylation is 1. The third kappa shape index (κ3) is 6.31. The lowest BCUT2D eigenvalue weighted by Gasteiger charge is -2.32. The molecule has 4 aromatic rings. The number of nitrogens with one attached hydrogen (secondary N) is 1. The predicted octanol–water partition coefficient (Wildman–Crippen LogP) is 4.60. The Bertz CT molecular complexity index is 1390. The van der Waals surface area contributed by atoms with Gasteiger partial charge in [-0.05, 0) is 43.2 Å². The number of aliphatic hydroxyl groups is 1. The van der Waals surface area contributed by atoms with Crippen molar-refractivity contribution in [2.45, 2.75) is 25.9 Å². The van der Waals surface area contributed by atoms with E-state index in [2.05, 4.69) is 10.3 Å². The summed E-state index contributed by atoms with van der Waals surface area (Å²) in [6.07, 6.45) is 0.290. The Kier molecular flexibility index (Phi) is 9.71. The van der Waals surface area contributed by atoms with E-state index in [-0.39, 0.29) is 37.9 Å². The number of aromatic nitrogens is 2. The summed E-state index contributed by atoms with van der Waals surface area (Å²) in [6.45, 7) is 2.14. The van der Waals surface area contributed by atoms with Gasteiger partial charge in [-0.1, -0.05) is 54.6 Å². The van der Waals surface area contributed by atoms with Crippen LogP contribution in [0.5, 0.6) is 5.75 Å². The number of carbonyl (C=O) groups is 1. The Labute approximate surface area is 223 Å². The van der Waals surface area contributed by atoms with Crippen LogP contribution in [0.3, 0.4) is 0 Å². The number of rotatable bonds is 9. The molecule has 0 spiro atoms. The minimum Gasteiger partial charge on any atom is -0.492 e. The summed E-state index contributed by atoms with van der Waals surface area (Å²) in [6, 6.07) is 23.1. The van der Waals surface area contributed by atoms with Crippen molar-refractivity contribution < 1.29 is 14.6 Å². The highest BCUT2D eigenvalue weighted by atomic mass is 32.1. The van der Waals surface area contributed by atoms with E-state index in [1.54, 1.807) is 28.6 Å². The number of fused-ring (bicyclic) bond motifs is 1. The van der Waals surface area contributed by atoms with Gasteiger partial charge < -0.3 is 24.6 Å². The van der Waals surface area contributed by atoms with Gasteiger partial charge in [0.15, 0.2) is 0 Å². The molecule has 0 saturated heterocycles. The average Bonchev–Trinajstić information content (AvgIpc) is 2.90. The van der Waals surface area contributed by atoms with Crippen LogP contribution in [0, 0.1) is 0 Å². The number of hydrogen-bond acceptors (Lipinski definition) is 5. The number of hydrogen-bond donors (Lipinski definition) is 2. The van der Waals surface area contributed by atoms with Crippen molar-refractivity contribution in [3.63, 3.8) is 0 Å². The van der Waals surface area contributed by atoms with E-state index in [1.165, 1.54) is 0 Å². The normalized spacial score (nSPS) is 11.4. The highest BCUT2D eigenvalue weighted by Crippen LogP contribution is 2.29. The maximum Gasteiger partial charge on any atom is 0.322 e. The molecule has 4 rings (SSSR count). The highest BCUT2D eigenvalue weighted by molar-refractivity contribution is 7.59. The summed E-state index contributed by atoms with van der Waals surface area (Å²) < 4.78 is 7.22. The molecule has 0 aliphatic rings. The van der Waals surface area contributed by atoms with E-state index in [4.69, 9.17) is 4.74 Å². The second-order valence-electron chi connectivity index (χ2n) is 8.34. The lowest BCUT2D eigenvalue weighted by molar-refractivity contribution is 0.161. The van der Waals surface area contributed by atoms with Crippen LogP contribution in [0.25, 0.3) is 11.0 Å². The molecule has 0 fully saturated rings. The first-order valence-electron chi connectivity index (χ1n) is 11.9. The number of carbonyl (C=O) groups excluding carboxylic acids is 1. The molecular weight excluding hydrogens is 488 g/mol. The maximum absolute atomic E-state index is 13.8. The molecule has 37 heavy (non-hydrogen) atoms. The number of benzene rings is 3. The van der Waals surface area contributed by atoms with Gasteiger partial charge in [-0.2, -0.15) is 13.5 Å². The first-order chi connectivity index (χ1) is 17.5. The molecule has 2 N–H and O–H groups in total. The van der Waals surface area contributed by atoms with Gasteiger partial charge in [0.25, 0.3) is 5.56 Å². The Morgan fingerprint density at radius 2 is 1.73 bits per heavy atom. The zero-order valence-corrected chi connectivity index (χ0v) is 21.9. The zero-order valence-electron chi connectivity index (χ0n) is 20.9. The zero-order chi connectivity index (χ0) is 25.5. The molecule has 2 amide bonds. The number of para-hydroxylation sites is 4. The van der Waals surface area contributed by atoms with Crippen LogP contribution in [0.1, 0.15) is 30.6 Å². The van der Waals surface area contributed by atoms with E-state index in [0.717, 1.165) is 5.56 Å². The number of anilines is 1. The summed E-state index contributed by atoms with van der Waals surface area (Å²) in [5.41, 5.74) is 2.69. The van der Waals surface area contributed by atoms with Crippen molar-refractivity contribution in [2.75, 3.05) is 18.5 Å². The van der Waals surface area contributed by atoms with Gasteiger partial charge in [-0.3, -0.25) is 4.79 Å². The van der Waals surface area contributed by atoms with Crippen LogP contribution in [0.2, 0.25) is 0 Å². The van der Waals surface area contributed by atoms with Crippen molar-refractivity contribution in [2.24, 2.45) is 7.05 Å². The Morgan fingerprint density at radius 3 is 2.46 bits per heavy atom. The van der Waals surface area contributed by atoms with E-state index >= 15 is 0 Å². The molecule has 9 heteroatoms. The number of amides is 2. The van der Waals surface area contributed by atoms with Gasteiger partial charge in [0.1, 0.15) is 11.4 Å². The monoisotopic (exact) mass is 520 g/mol. The molecule has 1 atom stereocenters. The van der Waals surface area contributed by atoms with Gasteiger partial charge in [0.2, 0.25) is 0 Å². The van der Waals surface area contributed by atoms with Crippen LogP contribution in [-0.2, 0) is 13.6 Å². The molecule has 194 valence electrons. The Morgan fingerprint density at radius 1 is 1.05 bits per heavy atom. The fourth-order valence-corrected chi connectivity index (χ4v) is 4.26. The van der Waals surface area contributed by atoms with Crippen molar-refractivity contribution in [1.82, 2.24) is 14.5 Å². The van der Waals surface area contributed by atoms with Crippen LogP contribution in [0.4, 0.5) is 10.5 Å². The molecule has 3 aromatic carbocycles. The molecule has 0 saturated carbocycles. The molecular formula is C28H32N4O4S. The molecule has 0 radical (unpaired) electrons. The third-order valence-electron chi connectivity index (χ3n) is 6.02. The average molecular weight is 521 g/mol. The fourth-order valence-electron chi connectivity index (χ4n) is 4.26. The van der Waals surface area contributed by atoms with E-state index in [1.807, 2.05) is 73.7 Å². The summed E-state index contributed by atoms with van der Waals surface area (Å²) in [4.78, 5) is 33.1. The maximum atomic E-state index is 13.8. The van der Waals surface area contributed by atoms with Crippen LogP contribution in [0.15, 0.2) is 83.7 Å². The summed E-state index contributed by atoms with van der Waals surface area (Å²) in [5.74, 6) is 0.548. The largest absolute Gasteiger partial charge is 0.492 e. The molecule has 0 unspecified atom stereocenters. The molecule has 1 aromatic heterocycles. The predicted molar refractivity (Wildman–Crippen MR) is 150 cm³/mol. The first kappa shape index (κ1) is 27.8. The first-order valence-corrected chi connectivity index (χ1v) is 11.9. The van der Waals surface area contributed by atoms with E-state index < -0.39 is 12.1 Å². The molecule has 1 heterocycles. The summed E-state index contributed by atoms with van der Waals surface area (Å²) >= 11 is 0. The van der Waals surface area contributed by atoms with Gasteiger partial charge in [-0.15, -0.1) is 0 Å². The Hall–Kier alpha value is -3.82. The minimum absolute atomic E-state index is 0.